The molecule has 1 amide bonds. The largest absolute Gasteiger partial charge is 0.475 e. The standard InChI is InChI=1S/C19H22N2O2/c1-13(2)23-17-9-8-16(12-20-17)21-18(22)19(10-11-19)15-6-4-14(3)5-7-15/h4-9,12-13H,10-11H2,1-3H3,(H,21,22). The zero-order chi connectivity index (χ0) is 16.4. The van der Waals surface area contributed by atoms with E-state index in [9.17, 15) is 4.79 Å². The zero-order valence-electron chi connectivity index (χ0n) is 13.8. The Bertz CT molecular complexity index is 686. The number of nitrogens with one attached hydrogen (secondary N) is 1. The fourth-order valence-electron chi connectivity index (χ4n) is 2.66. The highest BCUT2D eigenvalue weighted by Gasteiger charge is 2.51. The van der Waals surface area contributed by atoms with Gasteiger partial charge in [-0.2, -0.15) is 0 Å². The minimum absolute atomic E-state index is 0.0423. The number of carbonyl (C=O) groups excluding carboxylic acids is 1. The van der Waals surface area contributed by atoms with E-state index in [1.54, 1.807) is 12.3 Å². The molecule has 0 bridgehead atoms. The van der Waals surface area contributed by atoms with Crippen molar-refractivity contribution >= 4 is 11.6 Å². The maximum absolute atomic E-state index is 12.7. The second kappa shape index (κ2) is 6.03. The molecule has 3 rings (SSSR count). The molecular weight excluding hydrogens is 288 g/mol. The number of hydrogen-bond donors (Lipinski definition) is 1. The maximum Gasteiger partial charge on any atom is 0.235 e. The lowest BCUT2D eigenvalue weighted by atomic mass is 9.94. The van der Waals surface area contributed by atoms with Gasteiger partial charge in [0.05, 0.1) is 23.4 Å². The van der Waals surface area contributed by atoms with Gasteiger partial charge in [0.2, 0.25) is 11.8 Å². The molecule has 23 heavy (non-hydrogen) atoms. The van der Waals surface area contributed by atoms with Gasteiger partial charge in [-0.15, -0.1) is 0 Å². The molecule has 0 spiro atoms. The van der Waals surface area contributed by atoms with Crippen molar-refractivity contribution in [3.63, 3.8) is 0 Å². The van der Waals surface area contributed by atoms with Crippen molar-refractivity contribution in [3.8, 4) is 5.88 Å². The van der Waals surface area contributed by atoms with Gasteiger partial charge < -0.3 is 10.1 Å². The molecule has 1 fully saturated rings. The molecule has 0 radical (unpaired) electrons. The van der Waals surface area contributed by atoms with Gasteiger partial charge in [-0.3, -0.25) is 4.79 Å². The fourth-order valence-corrected chi connectivity index (χ4v) is 2.66. The maximum atomic E-state index is 12.7. The average molecular weight is 310 g/mol. The Balaban J connectivity index is 1.70. The number of amides is 1. The first-order chi connectivity index (χ1) is 11.0. The van der Waals surface area contributed by atoms with E-state index in [1.807, 2.05) is 19.9 Å². The highest BCUT2D eigenvalue weighted by atomic mass is 16.5. The van der Waals surface area contributed by atoms with Gasteiger partial charge in [0.1, 0.15) is 0 Å². The quantitative estimate of drug-likeness (QED) is 0.912. The number of rotatable bonds is 5. The van der Waals surface area contributed by atoms with Crippen LogP contribution in [0, 0.1) is 6.92 Å². The van der Waals surface area contributed by atoms with Gasteiger partial charge in [0.25, 0.3) is 0 Å². The molecule has 0 atom stereocenters. The number of aromatic nitrogens is 1. The lowest BCUT2D eigenvalue weighted by Crippen LogP contribution is -2.27. The Morgan fingerprint density at radius 2 is 1.87 bits per heavy atom. The van der Waals surface area contributed by atoms with Crippen molar-refractivity contribution in [1.82, 2.24) is 4.98 Å². The summed E-state index contributed by atoms with van der Waals surface area (Å²) in [7, 11) is 0. The van der Waals surface area contributed by atoms with Gasteiger partial charge in [0, 0.05) is 6.07 Å². The molecule has 0 saturated heterocycles. The monoisotopic (exact) mass is 310 g/mol. The third kappa shape index (κ3) is 3.36. The molecule has 1 aromatic heterocycles. The first-order valence-corrected chi connectivity index (χ1v) is 8.01. The molecule has 1 saturated carbocycles. The molecule has 2 aromatic rings. The Morgan fingerprint density at radius 1 is 1.17 bits per heavy atom. The molecule has 4 nitrogen and oxygen atoms in total. The van der Waals surface area contributed by atoms with Gasteiger partial charge in [-0.1, -0.05) is 29.8 Å². The highest BCUT2D eigenvalue weighted by Crippen LogP contribution is 2.49. The van der Waals surface area contributed by atoms with Gasteiger partial charge in [-0.25, -0.2) is 4.98 Å². The molecule has 120 valence electrons. The molecule has 1 aliphatic rings. The number of benzene rings is 1. The van der Waals surface area contributed by atoms with Crippen molar-refractivity contribution in [2.45, 2.75) is 45.1 Å². The number of nitrogens with zero attached hydrogens (tertiary/aromatic N) is 1. The Hall–Kier alpha value is -2.36. The van der Waals surface area contributed by atoms with Crippen molar-refractivity contribution in [2.24, 2.45) is 0 Å². The van der Waals surface area contributed by atoms with Crippen LogP contribution in [0.15, 0.2) is 42.6 Å². The average Bonchev–Trinajstić information content (AvgIpc) is 3.31. The van der Waals surface area contributed by atoms with E-state index in [0.29, 0.717) is 11.6 Å². The van der Waals surface area contributed by atoms with Gasteiger partial charge >= 0.3 is 0 Å². The third-order valence-electron chi connectivity index (χ3n) is 4.14. The Kier molecular flexibility index (Phi) is 4.07. The molecule has 0 aliphatic heterocycles. The summed E-state index contributed by atoms with van der Waals surface area (Å²) in [6.45, 7) is 5.96. The molecule has 0 unspecified atom stereocenters. The van der Waals surface area contributed by atoms with E-state index in [-0.39, 0.29) is 17.4 Å². The SMILES string of the molecule is Cc1ccc(C2(C(=O)Nc3ccc(OC(C)C)nc3)CC2)cc1. The van der Waals surface area contributed by atoms with Crippen LogP contribution in [-0.4, -0.2) is 17.0 Å². The minimum atomic E-state index is -0.374. The first-order valence-electron chi connectivity index (χ1n) is 8.01. The number of hydrogen-bond acceptors (Lipinski definition) is 3. The molecular formula is C19H22N2O2. The smallest absolute Gasteiger partial charge is 0.235 e. The van der Waals surface area contributed by atoms with E-state index in [1.165, 1.54) is 5.56 Å². The summed E-state index contributed by atoms with van der Waals surface area (Å²) in [4.78, 5) is 16.9. The second-order valence-electron chi connectivity index (χ2n) is 6.45. The lowest BCUT2D eigenvalue weighted by Gasteiger charge is -2.16. The Morgan fingerprint density at radius 3 is 2.39 bits per heavy atom. The summed E-state index contributed by atoms with van der Waals surface area (Å²) in [5, 5.41) is 2.98. The van der Waals surface area contributed by atoms with E-state index in [0.717, 1.165) is 18.4 Å². The molecule has 1 aromatic carbocycles. The lowest BCUT2D eigenvalue weighted by molar-refractivity contribution is -0.118. The summed E-state index contributed by atoms with van der Waals surface area (Å²) in [6, 6.07) is 11.8. The number of ether oxygens (including phenoxy) is 1. The zero-order valence-corrected chi connectivity index (χ0v) is 13.8. The summed E-state index contributed by atoms with van der Waals surface area (Å²) < 4.78 is 5.51. The van der Waals surface area contributed by atoms with E-state index < -0.39 is 0 Å². The van der Waals surface area contributed by atoms with E-state index >= 15 is 0 Å². The number of carbonyl (C=O) groups is 1. The number of aryl methyl sites for hydroxylation is 1. The predicted molar refractivity (Wildman–Crippen MR) is 90.7 cm³/mol. The van der Waals surface area contributed by atoms with Crippen LogP contribution in [0.2, 0.25) is 0 Å². The summed E-state index contributed by atoms with van der Waals surface area (Å²) in [5.74, 6) is 0.610. The van der Waals surface area contributed by atoms with Crippen LogP contribution in [0.1, 0.15) is 37.8 Å². The Labute approximate surface area is 136 Å². The molecule has 1 heterocycles. The van der Waals surface area contributed by atoms with Gasteiger partial charge in [0.15, 0.2) is 0 Å². The topological polar surface area (TPSA) is 51.2 Å². The molecule has 4 heteroatoms. The van der Waals surface area contributed by atoms with Crippen LogP contribution in [0.3, 0.4) is 0 Å². The van der Waals surface area contributed by atoms with Crippen LogP contribution in [-0.2, 0) is 10.2 Å². The number of anilines is 1. The fraction of sp³-hybridized carbons (Fsp3) is 0.368. The van der Waals surface area contributed by atoms with Crippen LogP contribution in [0.25, 0.3) is 0 Å². The minimum Gasteiger partial charge on any atom is -0.475 e. The second-order valence-corrected chi connectivity index (χ2v) is 6.45. The normalized spacial score (nSPS) is 15.3. The highest BCUT2D eigenvalue weighted by molar-refractivity contribution is 6.01. The number of pyridine rings is 1. The predicted octanol–water partition coefficient (Wildman–Crippen LogP) is 3.85. The van der Waals surface area contributed by atoms with Crippen LogP contribution < -0.4 is 10.1 Å². The van der Waals surface area contributed by atoms with Crippen LogP contribution in [0.5, 0.6) is 5.88 Å². The molecule has 1 aliphatic carbocycles. The van der Waals surface area contributed by atoms with Crippen molar-refractivity contribution < 1.29 is 9.53 Å². The summed E-state index contributed by atoms with van der Waals surface area (Å²) in [5.41, 5.74) is 2.62. The van der Waals surface area contributed by atoms with Crippen molar-refractivity contribution in [1.29, 1.82) is 0 Å². The van der Waals surface area contributed by atoms with Gasteiger partial charge in [-0.05, 0) is 45.2 Å². The van der Waals surface area contributed by atoms with E-state index in [2.05, 4.69) is 41.5 Å². The summed E-state index contributed by atoms with van der Waals surface area (Å²) >= 11 is 0. The van der Waals surface area contributed by atoms with E-state index in [4.69, 9.17) is 4.74 Å². The van der Waals surface area contributed by atoms with Crippen LogP contribution in [0.4, 0.5) is 5.69 Å². The summed E-state index contributed by atoms with van der Waals surface area (Å²) in [6.07, 6.45) is 3.51. The first kappa shape index (κ1) is 15.5. The van der Waals surface area contributed by atoms with Crippen molar-refractivity contribution in [2.75, 3.05) is 5.32 Å². The van der Waals surface area contributed by atoms with Crippen LogP contribution >= 0.6 is 0 Å². The third-order valence-corrected chi connectivity index (χ3v) is 4.14. The molecule has 1 N–H and O–H groups in total. The van der Waals surface area contributed by atoms with Crippen molar-refractivity contribution in [3.05, 3.63) is 53.7 Å².